The lowest BCUT2D eigenvalue weighted by Crippen LogP contribution is -1.85. The molecule has 3 heteroatoms. The average molecular weight is 165 g/mol. The van der Waals surface area contributed by atoms with Gasteiger partial charge in [0.2, 0.25) is 0 Å². The van der Waals surface area contributed by atoms with Crippen LogP contribution in [-0.4, -0.2) is 23.4 Å². The Morgan fingerprint density at radius 1 is 1.08 bits per heavy atom. The summed E-state index contributed by atoms with van der Waals surface area (Å²) in [6, 6.07) is 11.2. The Hall–Kier alpha value is -1.37. The van der Waals surface area contributed by atoms with Crippen LogP contribution in [0.2, 0.25) is 0 Å². The van der Waals surface area contributed by atoms with Gasteiger partial charge >= 0.3 is 0 Å². The molecule has 0 aromatic heterocycles. The van der Waals surface area contributed by atoms with Gasteiger partial charge in [-0.05, 0) is 12.1 Å². The molecule has 0 saturated heterocycles. The first kappa shape index (κ1) is 10.6. The first-order chi connectivity index (χ1) is 5.85. The van der Waals surface area contributed by atoms with Crippen molar-refractivity contribution in [3.8, 4) is 6.07 Å². The van der Waals surface area contributed by atoms with E-state index in [2.05, 4.69) is 0 Å². The SMILES string of the molecule is N#Cc1ccccc1.OCCO. The minimum atomic E-state index is -0.125. The second kappa shape index (κ2) is 7.73. The zero-order valence-corrected chi connectivity index (χ0v) is 6.64. The van der Waals surface area contributed by atoms with Gasteiger partial charge in [-0.3, -0.25) is 0 Å². The van der Waals surface area contributed by atoms with Crippen LogP contribution in [0, 0.1) is 11.3 Å². The predicted octanol–water partition coefficient (Wildman–Crippen LogP) is 0.529. The summed E-state index contributed by atoms with van der Waals surface area (Å²) in [6.07, 6.45) is 0. The van der Waals surface area contributed by atoms with Gasteiger partial charge in [0, 0.05) is 0 Å². The van der Waals surface area contributed by atoms with E-state index in [9.17, 15) is 0 Å². The van der Waals surface area contributed by atoms with E-state index in [4.69, 9.17) is 15.5 Å². The Balaban J connectivity index is 0.000000261. The van der Waals surface area contributed by atoms with E-state index in [1.807, 2.05) is 24.3 Å². The summed E-state index contributed by atoms with van der Waals surface area (Å²) in [4.78, 5) is 0. The Labute approximate surface area is 71.5 Å². The van der Waals surface area contributed by atoms with Crippen molar-refractivity contribution in [2.45, 2.75) is 0 Å². The van der Waals surface area contributed by atoms with Crippen LogP contribution in [0.1, 0.15) is 5.56 Å². The van der Waals surface area contributed by atoms with Gasteiger partial charge in [0.15, 0.2) is 0 Å². The normalized spacial score (nSPS) is 7.75. The molecule has 0 bridgehead atoms. The fraction of sp³-hybridized carbons (Fsp3) is 0.222. The van der Waals surface area contributed by atoms with E-state index < -0.39 is 0 Å². The molecule has 12 heavy (non-hydrogen) atoms. The molecular weight excluding hydrogens is 154 g/mol. The van der Waals surface area contributed by atoms with Gasteiger partial charge < -0.3 is 10.2 Å². The van der Waals surface area contributed by atoms with Gasteiger partial charge in [-0.2, -0.15) is 5.26 Å². The molecule has 1 aromatic rings. The standard InChI is InChI=1S/C7H5N.C2H6O2/c8-6-7-4-2-1-3-5-7;3-1-2-4/h1-5H;3-4H,1-2H2. The van der Waals surface area contributed by atoms with Gasteiger partial charge in [0.25, 0.3) is 0 Å². The molecule has 0 unspecified atom stereocenters. The number of nitriles is 1. The summed E-state index contributed by atoms with van der Waals surface area (Å²) >= 11 is 0. The smallest absolute Gasteiger partial charge is 0.0991 e. The minimum Gasteiger partial charge on any atom is -0.394 e. The molecule has 64 valence electrons. The summed E-state index contributed by atoms with van der Waals surface area (Å²) in [5.74, 6) is 0. The molecule has 1 aromatic carbocycles. The van der Waals surface area contributed by atoms with E-state index >= 15 is 0 Å². The lowest BCUT2D eigenvalue weighted by Gasteiger charge is -1.80. The monoisotopic (exact) mass is 165 g/mol. The molecule has 3 nitrogen and oxygen atoms in total. The van der Waals surface area contributed by atoms with Gasteiger partial charge in [-0.1, -0.05) is 18.2 Å². The van der Waals surface area contributed by atoms with Gasteiger partial charge in [-0.25, -0.2) is 0 Å². The van der Waals surface area contributed by atoms with Crippen molar-refractivity contribution in [3.05, 3.63) is 35.9 Å². The molecule has 0 fully saturated rings. The van der Waals surface area contributed by atoms with Crippen LogP contribution in [0.4, 0.5) is 0 Å². The van der Waals surface area contributed by atoms with E-state index in [1.54, 1.807) is 12.1 Å². The van der Waals surface area contributed by atoms with E-state index in [0.717, 1.165) is 0 Å². The van der Waals surface area contributed by atoms with Crippen LogP contribution < -0.4 is 0 Å². The van der Waals surface area contributed by atoms with Crippen molar-refractivity contribution in [1.82, 2.24) is 0 Å². The number of benzene rings is 1. The van der Waals surface area contributed by atoms with Crippen molar-refractivity contribution in [3.63, 3.8) is 0 Å². The molecule has 0 amide bonds. The number of aliphatic hydroxyl groups is 2. The first-order valence-corrected chi connectivity index (χ1v) is 3.52. The van der Waals surface area contributed by atoms with Crippen LogP contribution in [0.25, 0.3) is 0 Å². The molecule has 0 saturated carbocycles. The topological polar surface area (TPSA) is 64.2 Å². The lowest BCUT2D eigenvalue weighted by molar-refractivity contribution is 0.186. The highest BCUT2D eigenvalue weighted by molar-refractivity contribution is 5.27. The number of hydrogen-bond donors (Lipinski definition) is 2. The maximum absolute atomic E-state index is 8.29. The third-order valence-electron chi connectivity index (χ3n) is 1.00. The summed E-state index contributed by atoms with van der Waals surface area (Å²) in [6.45, 7) is -0.250. The second-order valence-electron chi connectivity index (χ2n) is 1.93. The zero-order valence-electron chi connectivity index (χ0n) is 6.64. The number of hydrogen-bond acceptors (Lipinski definition) is 3. The van der Waals surface area contributed by atoms with Crippen LogP contribution in [-0.2, 0) is 0 Å². The third-order valence-corrected chi connectivity index (χ3v) is 1.00. The molecule has 0 aliphatic heterocycles. The Bertz CT molecular complexity index is 226. The van der Waals surface area contributed by atoms with Crippen molar-refractivity contribution in [2.75, 3.05) is 13.2 Å². The highest BCUT2D eigenvalue weighted by Crippen LogP contribution is 1.92. The quantitative estimate of drug-likeness (QED) is 0.638. The number of aliphatic hydroxyl groups excluding tert-OH is 2. The van der Waals surface area contributed by atoms with E-state index in [1.165, 1.54) is 0 Å². The maximum atomic E-state index is 8.29. The molecule has 0 aliphatic carbocycles. The lowest BCUT2D eigenvalue weighted by atomic mass is 10.2. The second-order valence-corrected chi connectivity index (χ2v) is 1.93. The Morgan fingerprint density at radius 3 is 1.83 bits per heavy atom. The molecule has 2 N–H and O–H groups in total. The fourth-order valence-electron chi connectivity index (χ4n) is 0.513. The summed E-state index contributed by atoms with van der Waals surface area (Å²) in [5, 5.41) is 23.5. The van der Waals surface area contributed by atoms with Crippen molar-refractivity contribution in [2.24, 2.45) is 0 Å². The zero-order chi connectivity index (χ0) is 9.23. The largest absolute Gasteiger partial charge is 0.394 e. The molecule has 1 rings (SSSR count). The van der Waals surface area contributed by atoms with Gasteiger partial charge in [0.1, 0.15) is 0 Å². The Kier molecular flexibility index (Phi) is 6.85. The molecule has 0 radical (unpaired) electrons. The molecule has 0 spiro atoms. The number of rotatable bonds is 1. The minimum absolute atomic E-state index is 0.125. The van der Waals surface area contributed by atoms with E-state index in [0.29, 0.717) is 5.56 Å². The average Bonchev–Trinajstić information content (AvgIpc) is 2.19. The van der Waals surface area contributed by atoms with Crippen LogP contribution in [0.5, 0.6) is 0 Å². The fourth-order valence-corrected chi connectivity index (χ4v) is 0.513. The van der Waals surface area contributed by atoms with Crippen LogP contribution >= 0.6 is 0 Å². The molecule has 0 atom stereocenters. The number of nitrogens with zero attached hydrogens (tertiary/aromatic N) is 1. The third kappa shape index (κ3) is 5.42. The van der Waals surface area contributed by atoms with Crippen LogP contribution in [0.3, 0.4) is 0 Å². The van der Waals surface area contributed by atoms with Crippen molar-refractivity contribution < 1.29 is 10.2 Å². The van der Waals surface area contributed by atoms with Crippen molar-refractivity contribution >= 4 is 0 Å². The summed E-state index contributed by atoms with van der Waals surface area (Å²) < 4.78 is 0. The molecular formula is C9H11NO2. The summed E-state index contributed by atoms with van der Waals surface area (Å²) in [7, 11) is 0. The maximum Gasteiger partial charge on any atom is 0.0991 e. The highest BCUT2D eigenvalue weighted by atomic mass is 16.3. The molecule has 0 heterocycles. The van der Waals surface area contributed by atoms with E-state index in [-0.39, 0.29) is 13.2 Å². The van der Waals surface area contributed by atoms with Crippen LogP contribution in [0.15, 0.2) is 30.3 Å². The summed E-state index contributed by atoms with van der Waals surface area (Å²) in [5.41, 5.74) is 0.715. The Morgan fingerprint density at radius 2 is 1.58 bits per heavy atom. The predicted molar refractivity (Wildman–Crippen MR) is 45.3 cm³/mol. The molecule has 0 aliphatic rings. The highest BCUT2D eigenvalue weighted by Gasteiger charge is 1.79. The van der Waals surface area contributed by atoms with Gasteiger partial charge in [0.05, 0.1) is 24.8 Å². The van der Waals surface area contributed by atoms with Gasteiger partial charge in [-0.15, -0.1) is 0 Å². The van der Waals surface area contributed by atoms with Crippen molar-refractivity contribution in [1.29, 1.82) is 5.26 Å². The first-order valence-electron chi connectivity index (χ1n) is 3.52.